The van der Waals surface area contributed by atoms with E-state index in [1.54, 1.807) is 6.20 Å². The zero-order valence-corrected chi connectivity index (χ0v) is 14.6. The summed E-state index contributed by atoms with van der Waals surface area (Å²) in [6.07, 6.45) is 9.00. The summed E-state index contributed by atoms with van der Waals surface area (Å²) in [5.41, 5.74) is 2.13. The fourth-order valence-electron chi connectivity index (χ4n) is 3.18. The van der Waals surface area contributed by atoms with Gasteiger partial charge in [0, 0.05) is 33.3 Å². The summed E-state index contributed by atoms with van der Waals surface area (Å²) in [5.74, 6) is 0.866. The Morgan fingerprint density at radius 1 is 1.42 bits per heavy atom. The predicted molar refractivity (Wildman–Crippen MR) is 92.8 cm³/mol. The first kappa shape index (κ1) is 16.9. The second-order valence-electron chi connectivity index (χ2n) is 6.66. The number of rotatable bonds is 4. The summed E-state index contributed by atoms with van der Waals surface area (Å²) in [4.78, 5) is 25.2. The van der Waals surface area contributed by atoms with Crippen molar-refractivity contribution in [3.63, 3.8) is 0 Å². The molecule has 2 aliphatic rings. The molecule has 0 spiro atoms. The van der Waals surface area contributed by atoms with E-state index in [0.717, 1.165) is 18.5 Å². The van der Waals surface area contributed by atoms with E-state index in [-0.39, 0.29) is 12.0 Å². The lowest BCUT2D eigenvalue weighted by Gasteiger charge is -2.33. The number of carbonyl (C=O) groups is 1. The van der Waals surface area contributed by atoms with Gasteiger partial charge in [0.05, 0.1) is 18.8 Å². The largest absolute Gasteiger partial charge is 0.368 e. The SMILES string of the molecule is CN(C)c1nccc(C2CN(C(=O)CC3=CCCCC3)CCO2)n1. The second kappa shape index (κ2) is 7.75. The van der Waals surface area contributed by atoms with Crippen LogP contribution < -0.4 is 4.90 Å². The van der Waals surface area contributed by atoms with Gasteiger partial charge >= 0.3 is 0 Å². The summed E-state index contributed by atoms with van der Waals surface area (Å²) in [5, 5.41) is 0. The molecule has 0 radical (unpaired) electrons. The molecule has 1 aromatic rings. The number of anilines is 1. The minimum Gasteiger partial charge on any atom is -0.368 e. The highest BCUT2D eigenvalue weighted by Crippen LogP contribution is 2.25. The molecule has 130 valence electrons. The minimum absolute atomic E-state index is 0.176. The van der Waals surface area contributed by atoms with Crippen LogP contribution in [0.1, 0.15) is 43.9 Å². The van der Waals surface area contributed by atoms with Crippen LogP contribution in [0.2, 0.25) is 0 Å². The van der Waals surface area contributed by atoms with Crippen molar-refractivity contribution in [3.8, 4) is 0 Å². The normalized spacial score (nSPS) is 21.3. The molecule has 0 saturated carbocycles. The molecule has 1 aromatic heterocycles. The fourth-order valence-corrected chi connectivity index (χ4v) is 3.18. The van der Waals surface area contributed by atoms with Crippen LogP contribution >= 0.6 is 0 Å². The maximum atomic E-state index is 12.6. The fraction of sp³-hybridized carbons (Fsp3) is 0.611. The lowest BCUT2D eigenvalue weighted by atomic mass is 9.96. The summed E-state index contributed by atoms with van der Waals surface area (Å²) >= 11 is 0. The maximum absolute atomic E-state index is 12.6. The van der Waals surface area contributed by atoms with Gasteiger partial charge in [-0.05, 0) is 31.7 Å². The van der Waals surface area contributed by atoms with Crippen LogP contribution in [0.15, 0.2) is 23.9 Å². The topological polar surface area (TPSA) is 58.6 Å². The quantitative estimate of drug-likeness (QED) is 0.793. The second-order valence-corrected chi connectivity index (χ2v) is 6.66. The van der Waals surface area contributed by atoms with Gasteiger partial charge in [0.2, 0.25) is 11.9 Å². The number of hydrogen-bond acceptors (Lipinski definition) is 5. The Labute approximate surface area is 143 Å². The molecular formula is C18H26N4O2. The van der Waals surface area contributed by atoms with Gasteiger partial charge < -0.3 is 14.5 Å². The maximum Gasteiger partial charge on any atom is 0.226 e. The van der Waals surface area contributed by atoms with Crippen molar-refractivity contribution >= 4 is 11.9 Å². The number of aromatic nitrogens is 2. The third kappa shape index (κ3) is 4.12. The molecule has 1 amide bonds. The third-order valence-electron chi connectivity index (χ3n) is 4.58. The molecule has 3 rings (SSSR count). The van der Waals surface area contributed by atoms with Crippen molar-refractivity contribution in [2.45, 2.75) is 38.2 Å². The van der Waals surface area contributed by atoms with Gasteiger partial charge in [0.25, 0.3) is 0 Å². The smallest absolute Gasteiger partial charge is 0.226 e. The monoisotopic (exact) mass is 330 g/mol. The van der Waals surface area contributed by atoms with Crippen LogP contribution in [0, 0.1) is 0 Å². The molecule has 1 unspecified atom stereocenters. The molecule has 2 heterocycles. The van der Waals surface area contributed by atoms with E-state index in [4.69, 9.17) is 4.74 Å². The van der Waals surface area contributed by atoms with Gasteiger partial charge in [-0.25, -0.2) is 9.97 Å². The Hall–Kier alpha value is -1.95. The van der Waals surface area contributed by atoms with Crippen molar-refractivity contribution in [2.75, 3.05) is 38.7 Å². The summed E-state index contributed by atoms with van der Waals surface area (Å²) in [6.45, 7) is 1.78. The van der Waals surface area contributed by atoms with E-state index >= 15 is 0 Å². The zero-order valence-electron chi connectivity index (χ0n) is 14.6. The van der Waals surface area contributed by atoms with E-state index in [1.807, 2.05) is 30.0 Å². The van der Waals surface area contributed by atoms with E-state index in [9.17, 15) is 4.79 Å². The van der Waals surface area contributed by atoms with E-state index in [0.29, 0.717) is 32.1 Å². The lowest BCUT2D eigenvalue weighted by Crippen LogP contribution is -2.42. The predicted octanol–water partition coefficient (Wildman–Crippen LogP) is 2.33. The van der Waals surface area contributed by atoms with Crippen molar-refractivity contribution < 1.29 is 9.53 Å². The number of allylic oxidation sites excluding steroid dienone is 1. The average molecular weight is 330 g/mol. The first-order chi connectivity index (χ1) is 11.6. The highest BCUT2D eigenvalue weighted by molar-refractivity contribution is 5.78. The Kier molecular flexibility index (Phi) is 5.45. The molecule has 24 heavy (non-hydrogen) atoms. The van der Waals surface area contributed by atoms with E-state index in [1.165, 1.54) is 18.4 Å². The average Bonchev–Trinajstić information content (AvgIpc) is 2.63. The molecule has 6 heteroatoms. The molecule has 0 N–H and O–H groups in total. The van der Waals surface area contributed by atoms with Gasteiger partial charge in [-0.2, -0.15) is 0 Å². The number of nitrogens with zero attached hydrogens (tertiary/aromatic N) is 4. The van der Waals surface area contributed by atoms with Crippen molar-refractivity contribution in [1.82, 2.24) is 14.9 Å². The molecule has 1 atom stereocenters. The van der Waals surface area contributed by atoms with E-state index in [2.05, 4.69) is 16.0 Å². The number of morpholine rings is 1. The van der Waals surface area contributed by atoms with Gasteiger partial charge in [-0.1, -0.05) is 11.6 Å². The molecule has 1 aliphatic carbocycles. The van der Waals surface area contributed by atoms with Crippen molar-refractivity contribution in [3.05, 3.63) is 29.6 Å². The first-order valence-electron chi connectivity index (χ1n) is 8.71. The molecule has 0 bridgehead atoms. The van der Waals surface area contributed by atoms with Crippen LogP contribution in [-0.2, 0) is 9.53 Å². The Morgan fingerprint density at radius 2 is 2.29 bits per heavy atom. The minimum atomic E-state index is -0.176. The number of amides is 1. The van der Waals surface area contributed by atoms with E-state index < -0.39 is 0 Å². The van der Waals surface area contributed by atoms with Crippen LogP contribution in [0.5, 0.6) is 0 Å². The van der Waals surface area contributed by atoms with Gasteiger partial charge in [0.1, 0.15) is 6.10 Å². The van der Waals surface area contributed by atoms with Crippen LogP contribution in [-0.4, -0.2) is 54.6 Å². The van der Waals surface area contributed by atoms with Crippen LogP contribution in [0.3, 0.4) is 0 Å². The van der Waals surface area contributed by atoms with Crippen molar-refractivity contribution in [1.29, 1.82) is 0 Å². The third-order valence-corrected chi connectivity index (χ3v) is 4.58. The highest BCUT2D eigenvalue weighted by atomic mass is 16.5. The van der Waals surface area contributed by atoms with Crippen molar-refractivity contribution in [2.24, 2.45) is 0 Å². The Balaban J connectivity index is 1.64. The van der Waals surface area contributed by atoms with Gasteiger partial charge in [-0.15, -0.1) is 0 Å². The van der Waals surface area contributed by atoms with Gasteiger partial charge in [0.15, 0.2) is 0 Å². The zero-order chi connectivity index (χ0) is 16.9. The van der Waals surface area contributed by atoms with Gasteiger partial charge in [-0.3, -0.25) is 4.79 Å². The molecular weight excluding hydrogens is 304 g/mol. The summed E-state index contributed by atoms with van der Waals surface area (Å²) in [6, 6.07) is 1.87. The molecule has 1 aliphatic heterocycles. The highest BCUT2D eigenvalue weighted by Gasteiger charge is 2.27. The molecule has 0 aromatic carbocycles. The molecule has 1 saturated heterocycles. The number of hydrogen-bond donors (Lipinski definition) is 0. The van der Waals surface area contributed by atoms with Crippen LogP contribution in [0.4, 0.5) is 5.95 Å². The number of ether oxygens (including phenoxy) is 1. The standard InChI is InChI=1S/C18H26N4O2/c1-21(2)18-19-9-8-15(20-18)16-13-22(10-11-24-16)17(23)12-14-6-4-3-5-7-14/h6,8-9,16H,3-5,7,10-13H2,1-2H3. The summed E-state index contributed by atoms with van der Waals surface area (Å²) < 4.78 is 5.85. The summed E-state index contributed by atoms with van der Waals surface area (Å²) in [7, 11) is 3.82. The number of carbonyl (C=O) groups excluding carboxylic acids is 1. The molecule has 6 nitrogen and oxygen atoms in total. The Morgan fingerprint density at radius 3 is 3.04 bits per heavy atom. The van der Waals surface area contributed by atoms with Crippen LogP contribution in [0.25, 0.3) is 0 Å². The molecule has 1 fully saturated rings. The lowest BCUT2D eigenvalue weighted by molar-refractivity contribution is -0.138. The Bertz CT molecular complexity index is 615. The first-order valence-corrected chi connectivity index (χ1v) is 8.71.